The number of carbonyl (C=O) groups excluding carboxylic acids is 1. The first kappa shape index (κ1) is 14.6. The standard InChI is InChI=1S/C15H15NO5/c1-20-11-6-4-10(5-7-11)9-12(15(18)19)16-14(17)13-3-2-8-21-13/h2-8,12,20H,1,9H2,(H,16,17)(H,18,19). The van der Waals surface area contributed by atoms with Crippen LogP contribution < -0.4 is 5.32 Å². The van der Waals surface area contributed by atoms with E-state index in [1.807, 2.05) is 0 Å². The maximum atomic E-state index is 11.8. The fourth-order valence-electron chi connectivity index (χ4n) is 1.81. The molecule has 2 rings (SSSR count). The summed E-state index contributed by atoms with van der Waals surface area (Å²) >= 11 is 0. The van der Waals surface area contributed by atoms with Gasteiger partial charge in [-0.05, 0) is 36.9 Å². The van der Waals surface area contributed by atoms with Gasteiger partial charge in [-0.25, -0.2) is 4.79 Å². The topological polar surface area (TPSA) is 92.3 Å². The Morgan fingerprint density at radius 2 is 2.00 bits per heavy atom. The van der Waals surface area contributed by atoms with Crippen LogP contribution in [0.5, 0.6) is 5.75 Å². The molecule has 0 radical (unpaired) electrons. The number of amides is 1. The summed E-state index contributed by atoms with van der Waals surface area (Å²) in [6.45, 7) is 0. The molecule has 0 saturated heterocycles. The monoisotopic (exact) mass is 289 g/mol. The van der Waals surface area contributed by atoms with E-state index in [1.165, 1.54) is 12.3 Å². The minimum absolute atomic E-state index is 0.0763. The van der Waals surface area contributed by atoms with Crippen molar-refractivity contribution in [1.82, 2.24) is 5.32 Å². The van der Waals surface area contributed by atoms with Gasteiger partial charge in [0.05, 0.1) is 6.26 Å². The highest BCUT2D eigenvalue weighted by molar-refractivity contribution is 5.94. The third-order valence-electron chi connectivity index (χ3n) is 2.91. The summed E-state index contributed by atoms with van der Waals surface area (Å²) in [6, 6.07) is 8.96. The lowest BCUT2D eigenvalue weighted by molar-refractivity contribution is -0.139. The summed E-state index contributed by atoms with van der Waals surface area (Å²) in [5, 5.41) is 11.6. The number of ether oxygens (including phenoxy) is 1. The molecule has 0 aliphatic carbocycles. The highest BCUT2D eigenvalue weighted by Gasteiger charge is 2.22. The second-order valence-electron chi connectivity index (χ2n) is 4.37. The van der Waals surface area contributed by atoms with Crippen molar-refractivity contribution >= 4 is 11.9 Å². The Morgan fingerprint density at radius 1 is 1.29 bits per heavy atom. The van der Waals surface area contributed by atoms with Gasteiger partial charge < -0.3 is 19.6 Å². The lowest BCUT2D eigenvalue weighted by atomic mass is 10.1. The molecule has 6 heteroatoms. The molecule has 1 amide bonds. The predicted molar refractivity (Wildman–Crippen MR) is 74.8 cm³/mol. The number of carboxylic acids is 1. The Bertz CT molecular complexity index is 604. The van der Waals surface area contributed by atoms with Crippen LogP contribution in [0, 0.1) is 7.11 Å². The van der Waals surface area contributed by atoms with Crippen molar-refractivity contribution in [2.75, 3.05) is 0 Å². The van der Waals surface area contributed by atoms with Crippen molar-refractivity contribution in [2.24, 2.45) is 0 Å². The minimum atomic E-state index is -1.11. The van der Waals surface area contributed by atoms with Gasteiger partial charge in [0.25, 0.3) is 5.91 Å². The first-order chi connectivity index (χ1) is 10.1. The fraction of sp³-hybridized carbons (Fsp3) is 0.133. The van der Waals surface area contributed by atoms with Gasteiger partial charge in [0.2, 0.25) is 5.75 Å². The summed E-state index contributed by atoms with van der Waals surface area (Å²) in [6.07, 6.45) is 1.52. The maximum Gasteiger partial charge on any atom is 0.326 e. The third kappa shape index (κ3) is 3.85. The SMILES string of the molecule is [CH2-][OH+]c1ccc(CC(NC(=O)c2ccco2)C(=O)O)cc1. The molecule has 21 heavy (non-hydrogen) atoms. The lowest BCUT2D eigenvalue weighted by Gasteiger charge is -2.14. The van der Waals surface area contributed by atoms with Crippen LogP contribution in [0.3, 0.4) is 0 Å². The Kier molecular flexibility index (Phi) is 4.61. The number of nitrogens with one attached hydrogen (secondary N) is 1. The summed E-state index contributed by atoms with van der Waals surface area (Å²) in [5.41, 5.74) is 0.773. The zero-order valence-electron chi connectivity index (χ0n) is 11.2. The largest absolute Gasteiger partial charge is 0.722 e. The van der Waals surface area contributed by atoms with E-state index in [0.717, 1.165) is 5.56 Å². The molecule has 110 valence electrons. The van der Waals surface area contributed by atoms with Gasteiger partial charge in [-0.15, -0.1) is 0 Å². The van der Waals surface area contributed by atoms with Crippen molar-refractivity contribution in [1.29, 1.82) is 0 Å². The molecule has 0 fully saturated rings. The van der Waals surface area contributed by atoms with Crippen LogP contribution in [-0.2, 0) is 11.2 Å². The predicted octanol–water partition coefficient (Wildman–Crippen LogP) is 1.74. The summed E-state index contributed by atoms with van der Waals surface area (Å²) in [5.74, 6) is -0.893. The smallest absolute Gasteiger partial charge is 0.326 e. The average Bonchev–Trinajstić information content (AvgIpc) is 3.01. The van der Waals surface area contributed by atoms with Gasteiger partial charge in [-0.3, -0.25) is 4.79 Å². The molecule has 1 unspecified atom stereocenters. The number of hydrogen-bond acceptors (Lipinski definition) is 3. The molecule has 1 atom stereocenters. The first-order valence-corrected chi connectivity index (χ1v) is 6.23. The number of aliphatic carboxylic acids is 1. The van der Waals surface area contributed by atoms with Crippen LogP contribution in [0.2, 0.25) is 0 Å². The third-order valence-corrected chi connectivity index (χ3v) is 2.91. The van der Waals surface area contributed by atoms with Crippen molar-refractivity contribution < 1.29 is 23.8 Å². The number of rotatable bonds is 6. The number of hydrogen-bond donors (Lipinski definition) is 2. The fourth-order valence-corrected chi connectivity index (χ4v) is 1.81. The van der Waals surface area contributed by atoms with Crippen LogP contribution in [-0.4, -0.2) is 27.8 Å². The van der Waals surface area contributed by atoms with Crippen molar-refractivity contribution in [2.45, 2.75) is 12.5 Å². The second kappa shape index (κ2) is 6.60. The molecule has 0 spiro atoms. The number of aliphatic hydroxyl groups is 1. The van der Waals surface area contributed by atoms with E-state index in [4.69, 9.17) is 4.42 Å². The average molecular weight is 289 g/mol. The van der Waals surface area contributed by atoms with Crippen LogP contribution in [0.25, 0.3) is 0 Å². The maximum absolute atomic E-state index is 11.8. The van der Waals surface area contributed by atoms with E-state index in [0.29, 0.717) is 5.75 Å². The van der Waals surface area contributed by atoms with Gasteiger partial charge in [0.15, 0.2) is 5.76 Å². The second-order valence-corrected chi connectivity index (χ2v) is 4.37. The molecule has 0 bridgehead atoms. The molecule has 2 aromatic rings. The van der Waals surface area contributed by atoms with E-state index < -0.39 is 17.9 Å². The van der Waals surface area contributed by atoms with Gasteiger partial charge in [-0.2, -0.15) is 0 Å². The van der Waals surface area contributed by atoms with Crippen molar-refractivity contribution in [3.63, 3.8) is 0 Å². The molecule has 1 aromatic carbocycles. The summed E-state index contributed by atoms with van der Waals surface area (Å²) in [7, 11) is 3.41. The molecule has 0 aliphatic heterocycles. The van der Waals surface area contributed by atoms with Gasteiger partial charge >= 0.3 is 5.97 Å². The van der Waals surface area contributed by atoms with E-state index >= 15 is 0 Å². The Hall–Kier alpha value is -2.76. The molecule has 6 nitrogen and oxygen atoms in total. The molecule has 1 aromatic heterocycles. The van der Waals surface area contributed by atoms with Gasteiger partial charge in [0.1, 0.15) is 6.04 Å². The zero-order valence-corrected chi connectivity index (χ0v) is 11.2. The van der Waals surface area contributed by atoms with E-state index in [2.05, 4.69) is 17.2 Å². The van der Waals surface area contributed by atoms with E-state index in [1.54, 1.807) is 30.3 Å². The first-order valence-electron chi connectivity index (χ1n) is 6.23. The molecule has 0 saturated carbocycles. The molecule has 0 aliphatic rings. The van der Waals surface area contributed by atoms with Crippen LogP contribution in [0.4, 0.5) is 0 Å². The van der Waals surface area contributed by atoms with Crippen LogP contribution in [0.15, 0.2) is 47.1 Å². The number of carbonyl (C=O) groups is 2. The molecule has 3 N–H and O–H groups in total. The highest BCUT2D eigenvalue weighted by atomic mass is 16.5. The van der Waals surface area contributed by atoms with Crippen molar-refractivity contribution in [3.05, 3.63) is 61.1 Å². The van der Waals surface area contributed by atoms with Crippen molar-refractivity contribution in [3.8, 4) is 5.75 Å². The minimum Gasteiger partial charge on any atom is -0.722 e. The van der Waals surface area contributed by atoms with E-state index in [9.17, 15) is 14.7 Å². The molecular formula is C15H15NO5. The van der Waals surface area contributed by atoms with E-state index in [-0.39, 0.29) is 12.2 Å². The Morgan fingerprint density at radius 3 is 2.52 bits per heavy atom. The zero-order chi connectivity index (χ0) is 15.2. The Labute approximate surface area is 121 Å². The number of carboxylic acid groups (broad SMARTS) is 1. The summed E-state index contributed by atoms with van der Waals surface area (Å²) < 4.78 is 8.69. The quantitative estimate of drug-likeness (QED) is 0.625. The number of aromatic hydroxyl groups is 1. The number of furan rings is 1. The van der Waals surface area contributed by atoms with Gasteiger partial charge in [0, 0.05) is 18.6 Å². The molecule has 1 heterocycles. The lowest BCUT2D eigenvalue weighted by Crippen LogP contribution is -2.42. The normalized spacial score (nSPS) is 11.7. The van der Waals surface area contributed by atoms with Crippen LogP contribution in [0.1, 0.15) is 16.1 Å². The number of benzene rings is 1. The van der Waals surface area contributed by atoms with Crippen LogP contribution >= 0.6 is 0 Å². The Balaban J connectivity index is 2.05. The summed E-state index contributed by atoms with van der Waals surface area (Å²) in [4.78, 5) is 23.1. The van der Waals surface area contributed by atoms with Gasteiger partial charge in [-0.1, -0.05) is 0 Å². The highest BCUT2D eigenvalue weighted by Crippen LogP contribution is 2.14. The molecular weight excluding hydrogens is 274 g/mol.